The lowest BCUT2D eigenvalue weighted by molar-refractivity contribution is -0.122. The van der Waals surface area contributed by atoms with Gasteiger partial charge in [0.2, 0.25) is 0 Å². The van der Waals surface area contributed by atoms with Gasteiger partial charge in [0.25, 0.3) is 11.8 Å². The molecule has 3 rings (SSSR count). The van der Waals surface area contributed by atoms with E-state index in [9.17, 15) is 9.59 Å². The molecule has 2 N–H and O–H groups in total. The first kappa shape index (κ1) is 20.9. The maximum atomic E-state index is 12.6. The van der Waals surface area contributed by atoms with Gasteiger partial charge in [-0.1, -0.05) is 44.4 Å². The van der Waals surface area contributed by atoms with Crippen molar-refractivity contribution >= 4 is 17.5 Å². The number of carbonyl (C=O) groups excluding carboxylic acids is 2. The first-order valence-electron chi connectivity index (χ1n) is 10.5. The summed E-state index contributed by atoms with van der Waals surface area (Å²) in [7, 11) is 0. The second-order valence-corrected chi connectivity index (χ2v) is 7.66. The normalized spacial score (nSPS) is 15.4. The Kier molecular flexibility index (Phi) is 7.28. The van der Waals surface area contributed by atoms with Gasteiger partial charge in [0.05, 0.1) is 0 Å². The standard InChI is InChI=1S/C24H30N2O3/c1-3-21(29-22-12-8-7-9-17(22)2)24(28)26-20-15-13-18(14-16-20)23(27)25-19-10-5-4-6-11-19/h7-9,12-16,19,21H,3-6,10-11H2,1-2H3,(H,25,27)(H,26,28). The van der Waals surface area contributed by atoms with Crippen LogP contribution in [-0.4, -0.2) is 24.0 Å². The fraction of sp³-hybridized carbons (Fsp3) is 0.417. The predicted molar refractivity (Wildman–Crippen MR) is 115 cm³/mol. The second-order valence-electron chi connectivity index (χ2n) is 7.66. The predicted octanol–water partition coefficient (Wildman–Crippen LogP) is 4.85. The van der Waals surface area contributed by atoms with Gasteiger partial charge in [-0.15, -0.1) is 0 Å². The number of para-hydroxylation sites is 1. The van der Waals surface area contributed by atoms with E-state index in [1.54, 1.807) is 24.3 Å². The summed E-state index contributed by atoms with van der Waals surface area (Å²) < 4.78 is 5.90. The maximum Gasteiger partial charge on any atom is 0.265 e. The first-order chi connectivity index (χ1) is 14.1. The zero-order valence-corrected chi connectivity index (χ0v) is 17.2. The molecule has 0 bridgehead atoms. The number of carbonyl (C=O) groups is 2. The minimum Gasteiger partial charge on any atom is -0.480 e. The summed E-state index contributed by atoms with van der Waals surface area (Å²) >= 11 is 0. The van der Waals surface area contributed by atoms with E-state index in [0.29, 0.717) is 23.4 Å². The third-order valence-corrected chi connectivity index (χ3v) is 5.38. The van der Waals surface area contributed by atoms with Gasteiger partial charge in [-0.2, -0.15) is 0 Å². The van der Waals surface area contributed by atoms with Crippen molar-refractivity contribution in [3.8, 4) is 5.75 Å². The van der Waals surface area contributed by atoms with E-state index in [-0.39, 0.29) is 17.9 Å². The Balaban J connectivity index is 1.57. The fourth-order valence-corrected chi connectivity index (χ4v) is 3.61. The van der Waals surface area contributed by atoms with Crippen molar-refractivity contribution in [2.24, 2.45) is 0 Å². The average Bonchev–Trinajstić information content (AvgIpc) is 2.74. The number of nitrogens with one attached hydrogen (secondary N) is 2. The average molecular weight is 395 g/mol. The molecule has 2 aromatic carbocycles. The van der Waals surface area contributed by atoms with Gasteiger partial charge in [0.15, 0.2) is 6.10 Å². The summed E-state index contributed by atoms with van der Waals surface area (Å²) in [6.07, 6.45) is 5.71. The Bertz CT molecular complexity index is 826. The molecule has 1 fully saturated rings. The molecule has 1 aliphatic carbocycles. The van der Waals surface area contributed by atoms with Crippen LogP contribution in [0, 0.1) is 6.92 Å². The molecule has 0 saturated heterocycles. The van der Waals surface area contributed by atoms with E-state index in [4.69, 9.17) is 4.74 Å². The maximum absolute atomic E-state index is 12.6. The molecule has 5 nitrogen and oxygen atoms in total. The molecule has 2 aromatic rings. The minimum absolute atomic E-state index is 0.0518. The lowest BCUT2D eigenvalue weighted by Gasteiger charge is -2.22. The highest BCUT2D eigenvalue weighted by molar-refractivity contribution is 5.97. The number of anilines is 1. The zero-order chi connectivity index (χ0) is 20.6. The van der Waals surface area contributed by atoms with Gasteiger partial charge < -0.3 is 15.4 Å². The largest absolute Gasteiger partial charge is 0.480 e. The third kappa shape index (κ3) is 5.83. The molecule has 5 heteroatoms. The highest BCUT2D eigenvalue weighted by Crippen LogP contribution is 2.20. The minimum atomic E-state index is -0.578. The molecule has 0 heterocycles. The molecule has 0 radical (unpaired) electrons. The van der Waals surface area contributed by atoms with Crippen LogP contribution in [0.25, 0.3) is 0 Å². The number of aryl methyl sites for hydroxylation is 1. The Labute approximate surface area is 172 Å². The Hall–Kier alpha value is -2.82. The van der Waals surface area contributed by atoms with E-state index in [2.05, 4.69) is 10.6 Å². The van der Waals surface area contributed by atoms with E-state index in [1.165, 1.54) is 19.3 Å². The molecule has 1 aliphatic rings. The van der Waals surface area contributed by atoms with Crippen LogP contribution in [0.3, 0.4) is 0 Å². The summed E-state index contributed by atoms with van der Waals surface area (Å²) in [5.41, 5.74) is 2.25. The molecule has 1 atom stereocenters. The van der Waals surface area contributed by atoms with Gasteiger partial charge >= 0.3 is 0 Å². The third-order valence-electron chi connectivity index (χ3n) is 5.38. The molecule has 29 heavy (non-hydrogen) atoms. The second kappa shape index (κ2) is 10.1. The number of rotatable bonds is 7. The number of hydrogen-bond acceptors (Lipinski definition) is 3. The van der Waals surface area contributed by atoms with Gasteiger partial charge in [-0.05, 0) is 62.1 Å². The molecule has 1 unspecified atom stereocenters. The lowest BCUT2D eigenvalue weighted by Crippen LogP contribution is -2.36. The van der Waals surface area contributed by atoms with Crippen LogP contribution in [0.4, 0.5) is 5.69 Å². The molecule has 0 aliphatic heterocycles. The van der Waals surface area contributed by atoms with E-state index in [0.717, 1.165) is 18.4 Å². The highest BCUT2D eigenvalue weighted by Gasteiger charge is 2.20. The fourth-order valence-electron chi connectivity index (χ4n) is 3.61. The van der Waals surface area contributed by atoms with Crippen LogP contribution >= 0.6 is 0 Å². The number of ether oxygens (including phenoxy) is 1. The molecule has 154 valence electrons. The Morgan fingerprint density at radius 1 is 1.03 bits per heavy atom. The number of amides is 2. The molecule has 0 spiro atoms. The summed E-state index contributed by atoms with van der Waals surface area (Å²) in [5, 5.41) is 5.99. The van der Waals surface area contributed by atoms with E-state index < -0.39 is 6.10 Å². The molecule has 1 saturated carbocycles. The Morgan fingerprint density at radius 3 is 2.38 bits per heavy atom. The van der Waals surface area contributed by atoms with Crippen molar-refractivity contribution in [3.05, 3.63) is 59.7 Å². The van der Waals surface area contributed by atoms with Crippen LogP contribution in [0.5, 0.6) is 5.75 Å². The van der Waals surface area contributed by atoms with Gasteiger partial charge in [0.1, 0.15) is 5.75 Å². The van der Waals surface area contributed by atoms with Gasteiger partial charge in [0, 0.05) is 17.3 Å². The van der Waals surface area contributed by atoms with Gasteiger partial charge in [-0.25, -0.2) is 0 Å². The van der Waals surface area contributed by atoms with Crippen molar-refractivity contribution in [2.75, 3.05) is 5.32 Å². The van der Waals surface area contributed by atoms with Crippen LogP contribution in [0.2, 0.25) is 0 Å². The van der Waals surface area contributed by atoms with Crippen molar-refractivity contribution in [3.63, 3.8) is 0 Å². The number of hydrogen-bond donors (Lipinski definition) is 2. The van der Waals surface area contributed by atoms with E-state index in [1.807, 2.05) is 38.1 Å². The lowest BCUT2D eigenvalue weighted by atomic mass is 9.95. The van der Waals surface area contributed by atoms with Crippen molar-refractivity contribution in [1.29, 1.82) is 0 Å². The number of benzene rings is 2. The monoisotopic (exact) mass is 394 g/mol. The highest BCUT2D eigenvalue weighted by atomic mass is 16.5. The summed E-state index contributed by atoms with van der Waals surface area (Å²) in [6.45, 7) is 3.87. The van der Waals surface area contributed by atoms with Crippen LogP contribution in [0.1, 0.15) is 61.4 Å². The van der Waals surface area contributed by atoms with Crippen LogP contribution in [0.15, 0.2) is 48.5 Å². The topological polar surface area (TPSA) is 67.4 Å². The molecular weight excluding hydrogens is 364 g/mol. The zero-order valence-electron chi connectivity index (χ0n) is 17.2. The summed E-state index contributed by atoms with van der Waals surface area (Å²) in [5.74, 6) is 0.462. The summed E-state index contributed by atoms with van der Waals surface area (Å²) in [6, 6.07) is 14.9. The molecule has 0 aromatic heterocycles. The first-order valence-corrected chi connectivity index (χ1v) is 10.5. The van der Waals surface area contributed by atoms with Crippen LogP contribution < -0.4 is 15.4 Å². The quantitative estimate of drug-likeness (QED) is 0.705. The molecular formula is C24H30N2O3. The smallest absolute Gasteiger partial charge is 0.265 e. The SMILES string of the molecule is CCC(Oc1ccccc1C)C(=O)Nc1ccc(C(=O)NC2CCCCC2)cc1. The van der Waals surface area contributed by atoms with Crippen LogP contribution in [-0.2, 0) is 4.79 Å². The van der Waals surface area contributed by atoms with Crippen molar-refractivity contribution in [1.82, 2.24) is 5.32 Å². The van der Waals surface area contributed by atoms with Gasteiger partial charge in [-0.3, -0.25) is 9.59 Å². The van der Waals surface area contributed by atoms with E-state index >= 15 is 0 Å². The molecule has 2 amide bonds. The summed E-state index contributed by atoms with van der Waals surface area (Å²) in [4.78, 5) is 25.0. The van der Waals surface area contributed by atoms with Crippen molar-refractivity contribution < 1.29 is 14.3 Å². The Morgan fingerprint density at radius 2 is 1.72 bits per heavy atom. The van der Waals surface area contributed by atoms with Crippen molar-refractivity contribution in [2.45, 2.75) is 64.5 Å².